The Morgan fingerprint density at radius 3 is 2.59 bits per heavy atom. The van der Waals surface area contributed by atoms with Gasteiger partial charge in [-0.2, -0.15) is 0 Å². The minimum atomic E-state index is -0.484. The van der Waals surface area contributed by atoms with E-state index in [9.17, 15) is 14.4 Å². The second-order valence-electron chi connectivity index (χ2n) is 6.12. The standard InChI is InChI=1S/C19H17Cl2N3O4S/c1-11(25)22-13-3-5-14(6-4-13)28-9-17(26)23-24-18(27)10-29-19(24)15-7-2-12(20)8-16(15)21/h2-8,19H,9-10H2,1H3,(H,22,25)(H,23,26). The molecule has 1 aliphatic heterocycles. The average molecular weight is 454 g/mol. The molecule has 1 fully saturated rings. The number of halogens is 2. The van der Waals surface area contributed by atoms with Gasteiger partial charge in [-0.25, -0.2) is 5.01 Å². The molecule has 152 valence electrons. The van der Waals surface area contributed by atoms with Crippen LogP contribution in [-0.2, 0) is 14.4 Å². The maximum atomic E-state index is 12.3. The van der Waals surface area contributed by atoms with Gasteiger partial charge >= 0.3 is 0 Å². The Kier molecular flexibility index (Phi) is 6.89. The summed E-state index contributed by atoms with van der Waals surface area (Å²) in [5.74, 6) is -0.230. The van der Waals surface area contributed by atoms with Gasteiger partial charge in [0.25, 0.3) is 11.8 Å². The first kappa shape index (κ1) is 21.3. The normalized spacial score (nSPS) is 15.9. The zero-order valence-corrected chi connectivity index (χ0v) is 17.6. The number of carbonyl (C=O) groups is 3. The fourth-order valence-corrected chi connectivity index (χ4v) is 4.35. The zero-order valence-electron chi connectivity index (χ0n) is 15.3. The number of benzene rings is 2. The van der Waals surface area contributed by atoms with Crippen molar-refractivity contribution in [3.8, 4) is 5.75 Å². The molecule has 0 bridgehead atoms. The highest BCUT2D eigenvalue weighted by atomic mass is 35.5. The van der Waals surface area contributed by atoms with Gasteiger partial charge in [-0.05, 0) is 36.4 Å². The highest BCUT2D eigenvalue weighted by Gasteiger charge is 2.35. The SMILES string of the molecule is CC(=O)Nc1ccc(OCC(=O)NN2C(=O)CSC2c2ccc(Cl)cc2Cl)cc1. The Morgan fingerprint density at radius 2 is 1.93 bits per heavy atom. The lowest BCUT2D eigenvalue weighted by Gasteiger charge is -2.25. The monoisotopic (exact) mass is 453 g/mol. The fourth-order valence-electron chi connectivity index (χ4n) is 2.63. The topological polar surface area (TPSA) is 87.7 Å². The van der Waals surface area contributed by atoms with Gasteiger partial charge in [-0.1, -0.05) is 29.3 Å². The number of rotatable bonds is 6. The van der Waals surface area contributed by atoms with E-state index in [4.69, 9.17) is 27.9 Å². The molecule has 0 radical (unpaired) electrons. The van der Waals surface area contributed by atoms with Gasteiger partial charge in [0.05, 0.1) is 5.75 Å². The van der Waals surface area contributed by atoms with Gasteiger partial charge in [0.15, 0.2) is 6.61 Å². The highest BCUT2D eigenvalue weighted by molar-refractivity contribution is 8.00. The first-order valence-corrected chi connectivity index (χ1v) is 10.3. The third-order valence-corrected chi connectivity index (χ3v) is 5.64. The maximum absolute atomic E-state index is 12.3. The summed E-state index contributed by atoms with van der Waals surface area (Å²) in [7, 11) is 0. The summed E-state index contributed by atoms with van der Waals surface area (Å²) < 4.78 is 5.44. The van der Waals surface area contributed by atoms with Crippen molar-refractivity contribution in [2.45, 2.75) is 12.3 Å². The van der Waals surface area contributed by atoms with E-state index < -0.39 is 11.3 Å². The molecule has 0 spiro atoms. The van der Waals surface area contributed by atoms with Crippen LogP contribution in [-0.4, -0.2) is 35.1 Å². The smallest absolute Gasteiger partial charge is 0.276 e. The number of hydrogen-bond donors (Lipinski definition) is 2. The van der Waals surface area contributed by atoms with E-state index in [0.717, 1.165) is 0 Å². The van der Waals surface area contributed by atoms with Crippen molar-refractivity contribution < 1.29 is 19.1 Å². The molecule has 1 unspecified atom stereocenters. The Labute approximate surface area is 181 Å². The number of thioether (sulfide) groups is 1. The third kappa shape index (κ3) is 5.56. The summed E-state index contributed by atoms with van der Waals surface area (Å²) in [6.07, 6.45) is 0. The molecular formula is C19H17Cl2N3O4S. The van der Waals surface area contributed by atoms with Crippen LogP contribution in [0.25, 0.3) is 0 Å². The van der Waals surface area contributed by atoms with Gasteiger partial charge in [-0.3, -0.25) is 19.8 Å². The number of anilines is 1. The van der Waals surface area contributed by atoms with E-state index in [2.05, 4.69) is 10.7 Å². The summed E-state index contributed by atoms with van der Waals surface area (Å²) in [4.78, 5) is 35.5. The van der Waals surface area contributed by atoms with Crippen LogP contribution in [0, 0.1) is 0 Å². The molecule has 1 aliphatic rings. The van der Waals surface area contributed by atoms with Crippen LogP contribution < -0.4 is 15.5 Å². The van der Waals surface area contributed by atoms with Crippen LogP contribution in [0.2, 0.25) is 10.0 Å². The van der Waals surface area contributed by atoms with Gasteiger partial charge in [-0.15, -0.1) is 11.8 Å². The molecule has 1 saturated heterocycles. The Balaban J connectivity index is 1.59. The van der Waals surface area contributed by atoms with Crippen molar-refractivity contribution >= 4 is 58.4 Å². The van der Waals surface area contributed by atoms with Crippen molar-refractivity contribution in [1.29, 1.82) is 0 Å². The largest absolute Gasteiger partial charge is 0.484 e. The van der Waals surface area contributed by atoms with Crippen molar-refractivity contribution in [3.63, 3.8) is 0 Å². The van der Waals surface area contributed by atoms with Gasteiger partial charge in [0.2, 0.25) is 5.91 Å². The molecule has 0 saturated carbocycles. The lowest BCUT2D eigenvalue weighted by molar-refractivity contribution is -0.140. The fraction of sp³-hybridized carbons (Fsp3) is 0.211. The number of nitrogens with one attached hydrogen (secondary N) is 2. The Hall–Kier alpha value is -2.42. The predicted molar refractivity (Wildman–Crippen MR) is 113 cm³/mol. The van der Waals surface area contributed by atoms with Gasteiger partial charge in [0.1, 0.15) is 11.1 Å². The summed E-state index contributed by atoms with van der Waals surface area (Å²) >= 11 is 13.5. The molecule has 2 aromatic rings. The predicted octanol–water partition coefficient (Wildman–Crippen LogP) is 3.64. The van der Waals surface area contributed by atoms with Crippen LogP contribution >= 0.6 is 35.0 Å². The third-order valence-electron chi connectivity index (χ3n) is 3.89. The molecule has 0 aromatic heterocycles. The Bertz CT molecular complexity index is 940. The number of carbonyl (C=O) groups excluding carboxylic acids is 3. The van der Waals surface area contributed by atoms with Crippen LogP contribution in [0.15, 0.2) is 42.5 Å². The highest BCUT2D eigenvalue weighted by Crippen LogP contribution is 2.41. The molecule has 29 heavy (non-hydrogen) atoms. The number of amides is 3. The number of hydrogen-bond acceptors (Lipinski definition) is 5. The molecule has 10 heteroatoms. The second-order valence-corrected chi connectivity index (χ2v) is 8.03. The van der Waals surface area contributed by atoms with Crippen LogP contribution in [0.4, 0.5) is 5.69 Å². The van der Waals surface area contributed by atoms with Crippen LogP contribution in [0.5, 0.6) is 5.75 Å². The summed E-state index contributed by atoms with van der Waals surface area (Å²) in [6, 6.07) is 11.6. The van der Waals surface area contributed by atoms with Gasteiger partial charge < -0.3 is 10.1 Å². The summed E-state index contributed by atoms with van der Waals surface area (Å²) in [5, 5.41) is 4.35. The van der Waals surface area contributed by atoms with Crippen molar-refractivity contribution in [3.05, 3.63) is 58.1 Å². The molecule has 7 nitrogen and oxygen atoms in total. The second kappa shape index (κ2) is 9.39. The first-order chi connectivity index (χ1) is 13.8. The maximum Gasteiger partial charge on any atom is 0.276 e. The minimum absolute atomic E-state index is 0.179. The van der Waals surface area contributed by atoms with E-state index in [1.165, 1.54) is 23.7 Å². The van der Waals surface area contributed by atoms with E-state index in [1.54, 1.807) is 42.5 Å². The lowest BCUT2D eigenvalue weighted by atomic mass is 10.2. The van der Waals surface area contributed by atoms with E-state index in [-0.39, 0.29) is 24.2 Å². The van der Waals surface area contributed by atoms with Gasteiger partial charge in [0, 0.05) is 28.2 Å². The van der Waals surface area contributed by atoms with Crippen molar-refractivity contribution in [1.82, 2.24) is 10.4 Å². The van der Waals surface area contributed by atoms with E-state index in [0.29, 0.717) is 27.0 Å². The molecule has 1 heterocycles. The number of hydrazine groups is 1. The van der Waals surface area contributed by atoms with Crippen LogP contribution in [0.3, 0.4) is 0 Å². The summed E-state index contributed by atoms with van der Waals surface area (Å²) in [6.45, 7) is 1.13. The number of nitrogens with zero attached hydrogens (tertiary/aromatic N) is 1. The molecule has 2 N–H and O–H groups in total. The van der Waals surface area contributed by atoms with Crippen molar-refractivity contribution in [2.75, 3.05) is 17.7 Å². The average Bonchev–Trinajstić information content (AvgIpc) is 3.01. The minimum Gasteiger partial charge on any atom is -0.484 e. The molecular weight excluding hydrogens is 437 g/mol. The first-order valence-electron chi connectivity index (χ1n) is 8.52. The number of ether oxygens (including phenoxy) is 1. The molecule has 1 atom stereocenters. The quantitative estimate of drug-likeness (QED) is 0.696. The molecule has 3 rings (SSSR count). The summed E-state index contributed by atoms with van der Waals surface area (Å²) in [5.41, 5.74) is 3.88. The molecule has 3 amide bonds. The van der Waals surface area contributed by atoms with E-state index in [1.807, 2.05) is 0 Å². The molecule has 2 aromatic carbocycles. The zero-order chi connectivity index (χ0) is 21.0. The Morgan fingerprint density at radius 1 is 1.21 bits per heavy atom. The van der Waals surface area contributed by atoms with Crippen molar-refractivity contribution in [2.24, 2.45) is 0 Å². The molecule has 0 aliphatic carbocycles. The lowest BCUT2D eigenvalue weighted by Crippen LogP contribution is -2.46. The van der Waals surface area contributed by atoms with E-state index >= 15 is 0 Å². The van der Waals surface area contributed by atoms with Crippen LogP contribution in [0.1, 0.15) is 17.9 Å².